The Bertz CT molecular complexity index is 937. The molecule has 138 valence electrons. The zero-order chi connectivity index (χ0) is 18.6. The van der Waals surface area contributed by atoms with Crippen molar-refractivity contribution in [2.45, 2.75) is 12.2 Å². The van der Waals surface area contributed by atoms with E-state index in [0.29, 0.717) is 5.75 Å². The van der Waals surface area contributed by atoms with Crippen LogP contribution in [0.4, 0.5) is 5.69 Å². The van der Waals surface area contributed by atoms with Crippen LogP contribution < -0.4 is 9.64 Å². The molecule has 1 amide bonds. The van der Waals surface area contributed by atoms with E-state index < -0.39 is 0 Å². The molecular weight excluding hydrogens is 376 g/mol. The number of nitrogens with zero attached hydrogens (tertiary/aromatic N) is 2. The van der Waals surface area contributed by atoms with Gasteiger partial charge in [-0.3, -0.25) is 4.79 Å². The summed E-state index contributed by atoms with van der Waals surface area (Å²) in [5, 5.41) is 3.07. The van der Waals surface area contributed by atoms with Gasteiger partial charge < -0.3 is 9.64 Å². The first kappa shape index (κ1) is 18.1. The second-order valence-electron chi connectivity index (χ2n) is 6.29. The van der Waals surface area contributed by atoms with Crippen LogP contribution in [0, 0.1) is 0 Å². The molecule has 0 spiro atoms. The topological polar surface area (TPSA) is 42.4 Å². The molecule has 1 aliphatic heterocycles. The Morgan fingerprint density at radius 3 is 2.85 bits per heavy atom. The molecule has 2 heterocycles. The lowest BCUT2D eigenvalue weighted by Crippen LogP contribution is -2.30. The minimum absolute atomic E-state index is 0.176. The number of ether oxygens (including phenoxy) is 1. The molecule has 6 heteroatoms. The number of carbonyl (C=O) groups is 1. The highest BCUT2D eigenvalue weighted by Crippen LogP contribution is 2.29. The number of benzene rings is 2. The van der Waals surface area contributed by atoms with Gasteiger partial charge in [0.15, 0.2) is 0 Å². The van der Waals surface area contributed by atoms with Crippen molar-refractivity contribution in [1.29, 1.82) is 0 Å². The predicted molar refractivity (Wildman–Crippen MR) is 113 cm³/mol. The van der Waals surface area contributed by atoms with E-state index in [2.05, 4.69) is 11.4 Å². The van der Waals surface area contributed by atoms with E-state index in [4.69, 9.17) is 9.72 Å². The van der Waals surface area contributed by atoms with E-state index in [0.717, 1.165) is 46.4 Å². The van der Waals surface area contributed by atoms with E-state index in [9.17, 15) is 4.79 Å². The van der Waals surface area contributed by atoms with Crippen LogP contribution in [0.5, 0.6) is 5.75 Å². The highest BCUT2D eigenvalue weighted by Gasteiger charge is 2.23. The molecule has 0 bridgehead atoms. The smallest absolute Gasteiger partial charge is 0.237 e. The Balaban J connectivity index is 1.32. The first-order chi connectivity index (χ1) is 13.2. The van der Waals surface area contributed by atoms with Crippen LogP contribution in [-0.4, -0.2) is 30.3 Å². The third-order valence-electron chi connectivity index (χ3n) is 4.55. The maximum atomic E-state index is 12.6. The van der Waals surface area contributed by atoms with Gasteiger partial charge in [0.1, 0.15) is 10.8 Å². The molecule has 0 N–H and O–H groups in total. The van der Waals surface area contributed by atoms with E-state index in [1.165, 1.54) is 5.56 Å². The van der Waals surface area contributed by atoms with Gasteiger partial charge in [0.25, 0.3) is 0 Å². The number of amides is 1. The van der Waals surface area contributed by atoms with Gasteiger partial charge >= 0.3 is 0 Å². The second kappa shape index (κ2) is 8.15. The standard InChI is InChI=1S/C21H20N2O2S2/c1-25-18-8-6-16(7-9-18)21-22-17(13-27-21)12-26-14-20(24)23-11-10-15-4-2-3-5-19(15)23/h2-9,13H,10-12,14H2,1H3. The first-order valence-electron chi connectivity index (χ1n) is 8.79. The number of thiazole rings is 1. The summed E-state index contributed by atoms with van der Waals surface area (Å²) < 4.78 is 5.19. The number of carbonyl (C=O) groups excluding carboxylic acids is 1. The summed E-state index contributed by atoms with van der Waals surface area (Å²) in [4.78, 5) is 19.2. The zero-order valence-electron chi connectivity index (χ0n) is 15.1. The molecular formula is C21H20N2O2S2. The number of thioether (sulfide) groups is 1. The lowest BCUT2D eigenvalue weighted by molar-refractivity contribution is -0.116. The summed E-state index contributed by atoms with van der Waals surface area (Å²) in [5.41, 5.74) is 4.44. The normalized spacial score (nSPS) is 12.9. The van der Waals surface area contributed by atoms with Crippen LogP contribution in [0.3, 0.4) is 0 Å². The molecule has 0 unspecified atom stereocenters. The lowest BCUT2D eigenvalue weighted by atomic mass is 10.2. The van der Waals surface area contributed by atoms with Gasteiger partial charge in [0, 0.05) is 28.9 Å². The summed E-state index contributed by atoms with van der Waals surface area (Å²) >= 11 is 3.25. The average Bonchev–Trinajstić information content (AvgIpc) is 3.35. The van der Waals surface area contributed by atoms with Crippen LogP contribution in [-0.2, 0) is 17.0 Å². The minimum Gasteiger partial charge on any atom is -0.497 e. The average molecular weight is 397 g/mol. The Hall–Kier alpha value is -2.31. The molecule has 0 atom stereocenters. The van der Waals surface area contributed by atoms with Gasteiger partial charge in [-0.15, -0.1) is 23.1 Å². The van der Waals surface area contributed by atoms with Crippen LogP contribution in [0.1, 0.15) is 11.3 Å². The van der Waals surface area contributed by atoms with Gasteiger partial charge in [-0.2, -0.15) is 0 Å². The second-order valence-corrected chi connectivity index (χ2v) is 8.13. The molecule has 1 aliphatic rings. The lowest BCUT2D eigenvalue weighted by Gasteiger charge is -2.16. The fourth-order valence-corrected chi connectivity index (χ4v) is 4.88. The van der Waals surface area contributed by atoms with Crippen molar-refractivity contribution in [1.82, 2.24) is 4.98 Å². The molecule has 1 aromatic heterocycles. The molecule has 0 aliphatic carbocycles. The van der Waals surface area contributed by atoms with Gasteiger partial charge in [-0.1, -0.05) is 18.2 Å². The fourth-order valence-electron chi connectivity index (χ4n) is 3.16. The number of aromatic nitrogens is 1. The quantitative estimate of drug-likeness (QED) is 0.609. The van der Waals surface area contributed by atoms with Crippen LogP contribution in [0.25, 0.3) is 10.6 Å². The summed E-state index contributed by atoms with van der Waals surface area (Å²) in [5.74, 6) is 2.24. The van der Waals surface area contributed by atoms with Crippen LogP contribution in [0.2, 0.25) is 0 Å². The van der Waals surface area contributed by atoms with Crippen molar-refractivity contribution < 1.29 is 9.53 Å². The van der Waals surface area contributed by atoms with Crippen molar-refractivity contribution in [3.63, 3.8) is 0 Å². The van der Waals surface area contributed by atoms with Crippen LogP contribution in [0.15, 0.2) is 53.9 Å². The monoisotopic (exact) mass is 396 g/mol. The Morgan fingerprint density at radius 2 is 2.04 bits per heavy atom. The molecule has 0 saturated carbocycles. The summed E-state index contributed by atoms with van der Waals surface area (Å²) in [6.07, 6.45) is 0.948. The number of rotatable bonds is 6. The fraction of sp³-hybridized carbons (Fsp3) is 0.238. The van der Waals surface area contributed by atoms with Crippen molar-refractivity contribution in [3.05, 3.63) is 65.2 Å². The van der Waals surface area contributed by atoms with Gasteiger partial charge in [0.2, 0.25) is 5.91 Å². The van der Waals surface area contributed by atoms with Gasteiger partial charge in [0.05, 0.1) is 18.6 Å². The third kappa shape index (κ3) is 4.01. The molecule has 27 heavy (non-hydrogen) atoms. The Morgan fingerprint density at radius 1 is 1.22 bits per heavy atom. The van der Waals surface area contributed by atoms with E-state index in [-0.39, 0.29) is 5.91 Å². The number of hydrogen-bond donors (Lipinski definition) is 0. The molecule has 0 radical (unpaired) electrons. The zero-order valence-corrected chi connectivity index (χ0v) is 16.7. The van der Waals surface area contributed by atoms with Crippen molar-refractivity contribution in [3.8, 4) is 16.3 Å². The maximum absolute atomic E-state index is 12.6. The number of methoxy groups -OCH3 is 1. The Labute approximate surface area is 167 Å². The van der Waals surface area contributed by atoms with Gasteiger partial charge in [-0.25, -0.2) is 4.98 Å². The molecule has 2 aromatic carbocycles. The van der Waals surface area contributed by atoms with Gasteiger partial charge in [-0.05, 0) is 42.3 Å². The summed E-state index contributed by atoms with van der Waals surface area (Å²) in [6, 6.07) is 16.1. The van der Waals surface area contributed by atoms with E-state index in [1.807, 2.05) is 47.4 Å². The van der Waals surface area contributed by atoms with Crippen molar-refractivity contribution in [2.24, 2.45) is 0 Å². The number of anilines is 1. The summed E-state index contributed by atoms with van der Waals surface area (Å²) in [6.45, 7) is 0.789. The van der Waals surface area contributed by atoms with E-state index >= 15 is 0 Å². The molecule has 3 aromatic rings. The SMILES string of the molecule is COc1ccc(-c2nc(CSCC(=O)N3CCc4ccccc43)cs2)cc1. The third-order valence-corrected chi connectivity index (χ3v) is 6.44. The Kier molecular flexibility index (Phi) is 5.45. The maximum Gasteiger partial charge on any atom is 0.237 e. The van der Waals surface area contributed by atoms with Crippen molar-refractivity contribution >= 4 is 34.7 Å². The predicted octanol–water partition coefficient (Wildman–Crippen LogP) is 4.64. The van der Waals surface area contributed by atoms with E-state index in [1.54, 1.807) is 30.2 Å². The molecule has 0 saturated heterocycles. The van der Waals surface area contributed by atoms with Crippen molar-refractivity contribution in [2.75, 3.05) is 24.3 Å². The number of fused-ring (bicyclic) bond motifs is 1. The highest BCUT2D eigenvalue weighted by atomic mass is 32.2. The number of hydrogen-bond acceptors (Lipinski definition) is 5. The molecule has 4 nitrogen and oxygen atoms in total. The molecule has 4 rings (SSSR count). The first-order valence-corrected chi connectivity index (χ1v) is 10.8. The largest absolute Gasteiger partial charge is 0.497 e. The molecule has 0 fully saturated rings. The highest BCUT2D eigenvalue weighted by molar-refractivity contribution is 7.99. The number of para-hydroxylation sites is 1. The summed E-state index contributed by atoms with van der Waals surface area (Å²) in [7, 11) is 1.66. The van der Waals surface area contributed by atoms with Crippen LogP contribution >= 0.6 is 23.1 Å². The minimum atomic E-state index is 0.176.